The van der Waals surface area contributed by atoms with Gasteiger partial charge in [0.2, 0.25) is 5.96 Å². The van der Waals surface area contributed by atoms with Gasteiger partial charge in [-0.05, 0) is 19.3 Å². The molecule has 0 unspecified atom stereocenters. The lowest BCUT2D eigenvalue weighted by Gasteiger charge is -2.36. The summed E-state index contributed by atoms with van der Waals surface area (Å²) in [4.78, 5) is 25.7. The normalized spacial score (nSPS) is 23.9. The molecule has 2 amide bonds. The lowest BCUT2D eigenvalue weighted by Crippen LogP contribution is -2.42. The number of hydrogen-bond acceptors (Lipinski definition) is 4. The van der Waals surface area contributed by atoms with E-state index in [2.05, 4.69) is 15.6 Å². The Morgan fingerprint density at radius 3 is 2.21 bits per heavy atom. The SMILES string of the molecule is O=C1NC(=NC2(CO)CCC2)NC1=O. The number of guanidine groups is 1. The zero-order valence-electron chi connectivity index (χ0n) is 7.54. The summed E-state index contributed by atoms with van der Waals surface area (Å²) in [5.41, 5.74) is -0.486. The zero-order chi connectivity index (χ0) is 10.2. The molecule has 0 spiro atoms. The Bertz CT molecular complexity index is 296. The molecule has 0 bridgehead atoms. The lowest BCUT2D eigenvalue weighted by molar-refractivity contribution is -0.135. The Kier molecular flexibility index (Phi) is 1.99. The van der Waals surface area contributed by atoms with Crippen LogP contribution in [-0.2, 0) is 9.59 Å². The second kappa shape index (κ2) is 3.06. The maximum atomic E-state index is 10.8. The van der Waals surface area contributed by atoms with Crippen molar-refractivity contribution in [2.75, 3.05) is 6.61 Å². The maximum absolute atomic E-state index is 10.8. The van der Waals surface area contributed by atoms with Gasteiger partial charge in [0.1, 0.15) is 0 Å². The summed E-state index contributed by atoms with van der Waals surface area (Å²) in [7, 11) is 0. The molecular weight excluding hydrogens is 186 g/mol. The highest BCUT2D eigenvalue weighted by atomic mass is 16.3. The Balaban J connectivity index is 2.11. The first-order valence-electron chi connectivity index (χ1n) is 4.48. The number of aliphatic hydroxyl groups excluding tert-OH is 1. The van der Waals surface area contributed by atoms with Gasteiger partial charge in [0.25, 0.3) is 0 Å². The van der Waals surface area contributed by atoms with Crippen molar-refractivity contribution >= 4 is 17.8 Å². The molecule has 0 radical (unpaired) electrons. The molecule has 0 aromatic carbocycles. The predicted octanol–water partition coefficient (Wildman–Crippen LogP) is -1.50. The van der Waals surface area contributed by atoms with Crippen LogP contribution in [0.4, 0.5) is 0 Å². The molecule has 0 aromatic heterocycles. The molecule has 0 atom stereocenters. The first-order chi connectivity index (χ1) is 6.65. The first kappa shape index (κ1) is 9.14. The molecule has 2 rings (SSSR count). The highest BCUT2D eigenvalue weighted by Crippen LogP contribution is 2.35. The number of nitrogens with one attached hydrogen (secondary N) is 2. The summed E-state index contributed by atoms with van der Waals surface area (Å²) in [6.45, 7) is -0.0533. The van der Waals surface area contributed by atoms with Gasteiger partial charge in [0.05, 0.1) is 12.1 Å². The third-order valence-corrected chi connectivity index (χ3v) is 2.60. The quantitative estimate of drug-likeness (QED) is 0.471. The summed E-state index contributed by atoms with van der Waals surface area (Å²) in [5.74, 6) is -1.24. The number of nitrogens with zero attached hydrogens (tertiary/aromatic N) is 1. The third-order valence-electron chi connectivity index (χ3n) is 2.60. The molecule has 76 valence electrons. The summed E-state index contributed by atoms with van der Waals surface area (Å²) >= 11 is 0. The zero-order valence-corrected chi connectivity index (χ0v) is 7.54. The van der Waals surface area contributed by atoms with E-state index in [1.165, 1.54) is 0 Å². The van der Waals surface area contributed by atoms with E-state index in [-0.39, 0.29) is 12.6 Å². The number of rotatable bonds is 2. The Morgan fingerprint density at radius 1 is 1.29 bits per heavy atom. The van der Waals surface area contributed by atoms with Crippen LogP contribution in [0.15, 0.2) is 4.99 Å². The Hall–Kier alpha value is -1.43. The van der Waals surface area contributed by atoms with E-state index in [4.69, 9.17) is 5.11 Å². The molecule has 14 heavy (non-hydrogen) atoms. The van der Waals surface area contributed by atoms with Gasteiger partial charge in [-0.3, -0.25) is 20.2 Å². The van der Waals surface area contributed by atoms with E-state index < -0.39 is 17.4 Å². The van der Waals surface area contributed by atoms with Crippen LogP contribution in [0.2, 0.25) is 0 Å². The van der Waals surface area contributed by atoms with Crippen LogP contribution in [0.5, 0.6) is 0 Å². The Morgan fingerprint density at radius 2 is 1.86 bits per heavy atom. The molecule has 3 N–H and O–H groups in total. The van der Waals surface area contributed by atoms with E-state index in [0.29, 0.717) is 0 Å². The van der Waals surface area contributed by atoms with E-state index in [1.807, 2.05) is 0 Å². The van der Waals surface area contributed by atoms with Gasteiger partial charge in [-0.2, -0.15) is 0 Å². The standard InChI is InChI=1S/C8H11N3O3/c12-4-8(2-1-3-8)11-7-9-5(13)6(14)10-7/h12H,1-4H2,(H2,9,10,11,13,14). The van der Waals surface area contributed by atoms with Crippen LogP contribution >= 0.6 is 0 Å². The number of aliphatic hydroxyl groups is 1. The van der Waals surface area contributed by atoms with E-state index in [9.17, 15) is 9.59 Å². The molecule has 6 heteroatoms. The number of aliphatic imine (C=N–C) groups is 1. The molecule has 1 saturated carbocycles. The minimum absolute atomic E-state index is 0.0533. The van der Waals surface area contributed by atoms with E-state index >= 15 is 0 Å². The molecule has 2 aliphatic rings. The highest BCUT2D eigenvalue weighted by Gasteiger charge is 2.38. The van der Waals surface area contributed by atoms with Crippen molar-refractivity contribution in [3.8, 4) is 0 Å². The highest BCUT2D eigenvalue weighted by molar-refractivity contribution is 6.45. The van der Waals surface area contributed by atoms with Crippen molar-refractivity contribution < 1.29 is 14.7 Å². The number of carbonyl (C=O) groups excluding carboxylic acids is 2. The first-order valence-corrected chi connectivity index (χ1v) is 4.48. The molecule has 2 fully saturated rings. The molecular formula is C8H11N3O3. The summed E-state index contributed by atoms with van der Waals surface area (Å²) in [5, 5.41) is 13.7. The number of amides is 2. The molecule has 1 heterocycles. The van der Waals surface area contributed by atoms with E-state index in [1.54, 1.807) is 0 Å². The fourth-order valence-corrected chi connectivity index (χ4v) is 1.54. The monoisotopic (exact) mass is 197 g/mol. The number of hydrogen-bond donors (Lipinski definition) is 3. The van der Waals surface area contributed by atoms with Crippen molar-refractivity contribution in [1.29, 1.82) is 0 Å². The van der Waals surface area contributed by atoms with Gasteiger partial charge in [0, 0.05) is 0 Å². The average Bonchev–Trinajstić information content (AvgIpc) is 2.39. The van der Waals surface area contributed by atoms with Crippen LogP contribution < -0.4 is 10.6 Å². The van der Waals surface area contributed by atoms with Gasteiger partial charge < -0.3 is 5.11 Å². The van der Waals surface area contributed by atoms with Crippen molar-refractivity contribution in [3.05, 3.63) is 0 Å². The molecule has 1 saturated heterocycles. The third kappa shape index (κ3) is 1.37. The van der Waals surface area contributed by atoms with Crippen LogP contribution in [-0.4, -0.2) is 35.0 Å². The van der Waals surface area contributed by atoms with Crippen LogP contribution in [0.1, 0.15) is 19.3 Å². The second-order valence-corrected chi connectivity index (χ2v) is 3.60. The van der Waals surface area contributed by atoms with E-state index in [0.717, 1.165) is 19.3 Å². The molecule has 1 aliphatic carbocycles. The largest absolute Gasteiger partial charge is 0.394 e. The van der Waals surface area contributed by atoms with Crippen molar-refractivity contribution in [1.82, 2.24) is 10.6 Å². The summed E-state index contributed by atoms with van der Waals surface area (Å²) in [6, 6.07) is 0. The Labute approximate surface area is 80.4 Å². The second-order valence-electron chi connectivity index (χ2n) is 3.60. The van der Waals surface area contributed by atoms with Crippen LogP contribution in [0, 0.1) is 0 Å². The van der Waals surface area contributed by atoms with Gasteiger partial charge in [-0.1, -0.05) is 0 Å². The molecule has 1 aliphatic heterocycles. The van der Waals surface area contributed by atoms with Crippen molar-refractivity contribution in [2.45, 2.75) is 24.8 Å². The van der Waals surface area contributed by atoms with Crippen molar-refractivity contribution in [2.24, 2.45) is 4.99 Å². The minimum Gasteiger partial charge on any atom is -0.394 e. The predicted molar refractivity (Wildman–Crippen MR) is 47.4 cm³/mol. The van der Waals surface area contributed by atoms with Gasteiger partial charge in [0.15, 0.2) is 0 Å². The molecule has 6 nitrogen and oxygen atoms in total. The van der Waals surface area contributed by atoms with Gasteiger partial charge >= 0.3 is 11.8 Å². The van der Waals surface area contributed by atoms with Crippen LogP contribution in [0.3, 0.4) is 0 Å². The molecule has 0 aromatic rings. The number of carbonyl (C=O) groups is 2. The summed E-state index contributed by atoms with van der Waals surface area (Å²) < 4.78 is 0. The summed E-state index contributed by atoms with van der Waals surface area (Å²) in [6.07, 6.45) is 2.59. The fourth-order valence-electron chi connectivity index (χ4n) is 1.54. The topological polar surface area (TPSA) is 90.8 Å². The maximum Gasteiger partial charge on any atom is 0.316 e. The fraction of sp³-hybridized carbons (Fsp3) is 0.625. The lowest BCUT2D eigenvalue weighted by atomic mass is 9.78. The van der Waals surface area contributed by atoms with Crippen LogP contribution in [0.25, 0.3) is 0 Å². The smallest absolute Gasteiger partial charge is 0.316 e. The average molecular weight is 197 g/mol. The minimum atomic E-state index is -0.698. The van der Waals surface area contributed by atoms with Gasteiger partial charge in [-0.25, -0.2) is 4.99 Å². The van der Waals surface area contributed by atoms with Crippen molar-refractivity contribution in [3.63, 3.8) is 0 Å². The van der Waals surface area contributed by atoms with Gasteiger partial charge in [-0.15, -0.1) is 0 Å².